The highest BCUT2D eigenvalue weighted by Gasteiger charge is 2.43. The number of carbonyl (C=O) groups is 3. The SMILES string of the molecule is CC.CCCN.CCCSSCCCSC1CC(=O)C(OC(C)=O)C1=O. The molecule has 1 fully saturated rings. The Bertz CT molecular complexity index is 393. The number of ketones is 2. The van der Waals surface area contributed by atoms with E-state index in [1.165, 1.54) is 25.1 Å². The van der Waals surface area contributed by atoms with E-state index in [-0.39, 0.29) is 23.2 Å². The zero-order chi connectivity index (χ0) is 20.4. The highest BCUT2D eigenvalue weighted by atomic mass is 33.1. The monoisotopic (exact) mass is 425 g/mol. The van der Waals surface area contributed by atoms with Gasteiger partial charge in [-0.15, -0.1) is 11.8 Å². The number of carbonyl (C=O) groups excluding carboxylic acids is 3. The standard InChI is InChI=1S/C13H20O4S3.C3H9N.C2H6/c1-3-5-19-20-7-4-6-18-11-8-10(15)13(12(11)16)17-9(2)14;1-2-3-4;1-2/h11,13H,3-8H2,1-2H3;2-4H2,1H3;1-2H3. The summed E-state index contributed by atoms with van der Waals surface area (Å²) in [7, 11) is 3.73. The first-order valence-corrected chi connectivity index (χ1v) is 12.8. The molecular weight excluding hydrogens is 390 g/mol. The summed E-state index contributed by atoms with van der Waals surface area (Å²) in [5.41, 5.74) is 5.03. The molecule has 1 saturated carbocycles. The van der Waals surface area contributed by atoms with Crippen molar-refractivity contribution in [2.24, 2.45) is 5.73 Å². The van der Waals surface area contributed by atoms with Crippen LogP contribution in [-0.4, -0.2) is 52.7 Å². The van der Waals surface area contributed by atoms with Crippen LogP contribution in [0.4, 0.5) is 0 Å². The molecule has 0 heterocycles. The van der Waals surface area contributed by atoms with Gasteiger partial charge in [-0.05, 0) is 31.6 Å². The molecule has 0 aromatic rings. The fourth-order valence-electron chi connectivity index (χ4n) is 1.69. The molecule has 1 aliphatic carbocycles. The molecule has 0 radical (unpaired) electrons. The lowest BCUT2D eigenvalue weighted by Gasteiger charge is -2.09. The number of nitrogens with two attached hydrogens (primary N) is 1. The lowest BCUT2D eigenvalue weighted by Crippen LogP contribution is -2.29. The van der Waals surface area contributed by atoms with Gasteiger partial charge in [0.2, 0.25) is 6.10 Å². The third kappa shape index (κ3) is 13.9. The molecule has 1 rings (SSSR count). The van der Waals surface area contributed by atoms with E-state index in [2.05, 4.69) is 13.8 Å². The Kier molecular flexibility index (Phi) is 21.1. The average Bonchev–Trinajstić information content (AvgIpc) is 2.90. The Balaban J connectivity index is 0. The van der Waals surface area contributed by atoms with Gasteiger partial charge in [0.1, 0.15) is 0 Å². The van der Waals surface area contributed by atoms with Crippen molar-refractivity contribution in [1.29, 1.82) is 0 Å². The number of hydrogen-bond donors (Lipinski definition) is 1. The van der Waals surface area contributed by atoms with Crippen LogP contribution in [0.25, 0.3) is 0 Å². The zero-order valence-electron chi connectivity index (χ0n) is 16.7. The molecule has 0 saturated heterocycles. The Morgan fingerprint density at radius 2 is 1.69 bits per heavy atom. The fourth-order valence-corrected chi connectivity index (χ4v) is 5.27. The van der Waals surface area contributed by atoms with Crippen molar-refractivity contribution >= 4 is 50.9 Å². The molecule has 0 aromatic heterocycles. The van der Waals surface area contributed by atoms with Gasteiger partial charge in [-0.2, -0.15) is 0 Å². The van der Waals surface area contributed by atoms with E-state index in [4.69, 9.17) is 10.5 Å². The molecule has 154 valence electrons. The number of hydrogen-bond acceptors (Lipinski definition) is 8. The van der Waals surface area contributed by atoms with Gasteiger partial charge in [-0.3, -0.25) is 14.4 Å². The van der Waals surface area contributed by atoms with E-state index in [0.29, 0.717) is 0 Å². The van der Waals surface area contributed by atoms with Crippen molar-refractivity contribution in [3.8, 4) is 0 Å². The van der Waals surface area contributed by atoms with Gasteiger partial charge in [0, 0.05) is 24.9 Å². The van der Waals surface area contributed by atoms with Crippen molar-refractivity contribution in [2.75, 3.05) is 23.8 Å². The maximum absolute atomic E-state index is 11.9. The molecule has 2 atom stereocenters. The molecule has 0 spiro atoms. The van der Waals surface area contributed by atoms with Crippen LogP contribution in [0.15, 0.2) is 0 Å². The third-order valence-electron chi connectivity index (χ3n) is 2.89. The Hall–Kier alpha value is -0.180. The summed E-state index contributed by atoms with van der Waals surface area (Å²) < 4.78 is 4.78. The minimum Gasteiger partial charge on any atom is -0.446 e. The Labute approximate surface area is 171 Å². The molecule has 5 nitrogen and oxygen atoms in total. The maximum Gasteiger partial charge on any atom is 0.303 e. The first-order chi connectivity index (χ1) is 12.5. The molecule has 2 N–H and O–H groups in total. The van der Waals surface area contributed by atoms with E-state index in [9.17, 15) is 14.4 Å². The number of rotatable bonds is 10. The largest absolute Gasteiger partial charge is 0.446 e. The molecule has 0 aliphatic heterocycles. The molecule has 8 heteroatoms. The van der Waals surface area contributed by atoms with Gasteiger partial charge in [-0.25, -0.2) is 0 Å². The van der Waals surface area contributed by atoms with Gasteiger partial charge in [0.25, 0.3) is 0 Å². The van der Waals surface area contributed by atoms with Crippen molar-refractivity contribution in [3.63, 3.8) is 0 Å². The smallest absolute Gasteiger partial charge is 0.303 e. The highest BCUT2D eigenvalue weighted by molar-refractivity contribution is 8.76. The molecule has 0 bridgehead atoms. The second kappa shape index (κ2) is 19.6. The minimum atomic E-state index is -1.15. The van der Waals surface area contributed by atoms with Crippen molar-refractivity contribution in [3.05, 3.63) is 0 Å². The first-order valence-electron chi connectivity index (χ1n) is 9.27. The molecular formula is C18H35NO4S3. The Morgan fingerprint density at radius 3 is 2.19 bits per heavy atom. The lowest BCUT2D eigenvalue weighted by molar-refractivity contribution is -0.155. The second-order valence-electron chi connectivity index (χ2n) is 5.21. The van der Waals surface area contributed by atoms with Crippen molar-refractivity contribution < 1.29 is 19.1 Å². The van der Waals surface area contributed by atoms with Crippen LogP contribution in [0.3, 0.4) is 0 Å². The van der Waals surface area contributed by atoms with Crippen LogP contribution in [0.2, 0.25) is 0 Å². The fraction of sp³-hybridized carbons (Fsp3) is 0.833. The lowest BCUT2D eigenvalue weighted by atomic mass is 10.3. The Morgan fingerprint density at radius 1 is 1.12 bits per heavy atom. The predicted molar refractivity (Wildman–Crippen MR) is 117 cm³/mol. The quantitative estimate of drug-likeness (QED) is 0.242. The molecule has 1 aliphatic rings. The number of thioether (sulfide) groups is 1. The maximum atomic E-state index is 11.9. The van der Waals surface area contributed by atoms with Gasteiger partial charge >= 0.3 is 5.97 Å². The predicted octanol–water partition coefficient (Wildman–Crippen LogP) is 4.12. The minimum absolute atomic E-state index is 0.194. The van der Waals surface area contributed by atoms with E-state index in [1.54, 1.807) is 0 Å². The van der Waals surface area contributed by atoms with Crippen LogP contribution < -0.4 is 5.73 Å². The summed E-state index contributed by atoms with van der Waals surface area (Å²) >= 11 is 1.51. The third-order valence-corrected chi connectivity index (χ3v) is 6.91. The van der Waals surface area contributed by atoms with Crippen molar-refractivity contribution in [1.82, 2.24) is 0 Å². The molecule has 2 unspecified atom stereocenters. The number of Topliss-reactive ketones (excluding diaryl/α,β-unsaturated/α-hetero) is 2. The summed E-state index contributed by atoms with van der Waals surface area (Å²) in [6.45, 7) is 10.2. The summed E-state index contributed by atoms with van der Waals surface area (Å²) in [4.78, 5) is 34.4. The summed E-state index contributed by atoms with van der Waals surface area (Å²) in [5.74, 6) is 1.98. The van der Waals surface area contributed by atoms with Crippen LogP contribution in [0.5, 0.6) is 0 Å². The van der Waals surface area contributed by atoms with Crippen LogP contribution in [0, 0.1) is 0 Å². The van der Waals surface area contributed by atoms with Gasteiger partial charge in [0.15, 0.2) is 11.6 Å². The zero-order valence-corrected chi connectivity index (χ0v) is 19.2. The first kappa shape index (κ1) is 28.0. The van der Waals surface area contributed by atoms with E-state index in [0.717, 1.165) is 36.6 Å². The van der Waals surface area contributed by atoms with Gasteiger partial charge < -0.3 is 10.5 Å². The van der Waals surface area contributed by atoms with E-state index in [1.807, 2.05) is 35.4 Å². The van der Waals surface area contributed by atoms with Crippen molar-refractivity contribution in [2.45, 2.75) is 71.7 Å². The van der Waals surface area contributed by atoms with Crippen LogP contribution >= 0.6 is 33.3 Å². The molecule has 0 aromatic carbocycles. The molecule has 26 heavy (non-hydrogen) atoms. The average molecular weight is 426 g/mol. The van der Waals surface area contributed by atoms with Gasteiger partial charge in [-0.1, -0.05) is 49.3 Å². The number of ether oxygens (including phenoxy) is 1. The second-order valence-corrected chi connectivity index (χ2v) is 9.22. The van der Waals surface area contributed by atoms with Gasteiger partial charge in [0.05, 0.1) is 5.25 Å². The normalized spacial score (nSPS) is 18.5. The molecule has 0 amide bonds. The van der Waals surface area contributed by atoms with E-state index >= 15 is 0 Å². The van der Waals surface area contributed by atoms with Crippen LogP contribution in [0.1, 0.15) is 60.3 Å². The summed E-state index contributed by atoms with van der Waals surface area (Å²) in [6.07, 6.45) is 2.34. The highest BCUT2D eigenvalue weighted by Crippen LogP contribution is 2.28. The summed E-state index contributed by atoms with van der Waals surface area (Å²) in [6, 6.07) is 0. The summed E-state index contributed by atoms with van der Waals surface area (Å²) in [5, 5.41) is -0.333. The van der Waals surface area contributed by atoms with E-state index < -0.39 is 12.1 Å². The topological polar surface area (TPSA) is 86.5 Å². The van der Waals surface area contributed by atoms with Crippen LogP contribution in [-0.2, 0) is 19.1 Å². The number of esters is 1.